The molecule has 1 aromatic carbocycles. The van der Waals surface area contributed by atoms with E-state index in [9.17, 15) is 14.3 Å². The quantitative estimate of drug-likeness (QED) is 0.547. The number of nitrogens with zero attached hydrogens (tertiary/aromatic N) is 4. The SMILES string of the molecule is CCNC(=NCC(O)c1ccccc1F)N1CCN(CC(=O)N2CCCC2)CC1. The lowest BCUT2D eigenvalue weighted by molar-refractivity contribution is -0.131. The molecule has 0 radical (unpaired) electrons. The molecule has 2 fully saturated rings. The van der Waals surface area contributed by atoms with E-state index >= 15 is 0 Å². The number of guanidine groups is 1. The van der Waals surface area contributed by atoms with Gasteiger partial charge in [0, 0.05) is 51.4 Å². The molecule has 1 unspecified atom stereocenters. The topological polar surface area (TPSA) is 71.4 Å². The van der Waals surface area contributed by atoms with Crippen LogP contribution in [-0.4, -0.2) is 90.6 Å². The molecule has 2 N–H and O–H groups in total. The maximum Gasteiger partial charge on any atom is 0.236 e. The van der Waals surface area contributed by atoms with Crippen molar-refractivity contribution in [3.63, 3.8) is 0 Å². The largest absolute Gasteiger partial charge is 0.386 e. The molecule has 1 amide bonds. The summed E-state index contributed by atoms with van der Waals surface area (Å²) in [5.41, 5.74) is 0.261. The van der Waals surface area contributed by atoms with Gasteiger partial charge in [0.15, 0.2) is 5.96 Å². The number of piperazine rings is 1. The van der Waals surface area contributed by atoms with Crippen LogP contribution in [0.15, 0.2) is 29.3 Å². The number of rotatable bonds is 6. The molecule has 2 aliphatic heterocycles. The smallest absolute Gasteiger partial charge is 0.236 e. The second kappa shape index (κ2) is 10.5. The number of aliphatic hydroxyl groups is 1. The average molecular weight is 406 g/mol. The Kier molecular flexibility index (Phi) is 7.83. The molecule has 0 saturated carbocycles. The van der Waals surface area contributed by atoms with Gasteiger partial charge >= 0.3 is 0 Å². The number of hydrogen-bond acceptors (Lipinski definition) is 4. The van der Waals surface area contributed by atoms with Crippen LogP contribution in [0.1, 0.15) is 31.4 Å². The Morgan fingerprint density at radius 2 is 1.83 bits per heavy atom. The first kappa shape index (κ1) is 21.5. The third-order valence-electron chi connectivity index (χ3n) is 5.50. The first-order valence-corrected chi connectivity index (χ1v) is 10.5. The monoisotopic (exact) mass is 405 g/mol. The van der Waals surface area contributed by atoms with E-state index in [4.69, 9.17) is 0 Å². The van der Waals surface area contributed by atoms with Crippen molar-refractivity contribution in [1.82, 2.24) is 20.0 Å². The van der Waals surface area contributed by atoms with Crippen LogP contribution < -0.4 is 5.32 Å². The summed E-state index contributed by atoms with van der Waals surface area (Å²) in [5.74, 6) is 0.523. The molecule has 7 nitrogen and oxygen atoms in total. The highest BCUT2D eigenvalue weighted by molar-refractivity contribution is 5.80. The van der Waals surface area contributed by atoms with E-state index in [0.29, 0.717) is 19.0 Å². The van der Waals surface area contributed by atoms with Crippen LogP contribution in [-0.2, 0) is 4.79 Å². The Morgan fingerprint density at radius 3 is 2.48 bits per heavy atom. The second-order valence-corrected chi connectivity index (χ2v) is 7.58. The van der Waals surface area contributed by atoms with Crippen LogP contribution in [0.2, 0.25) is 0 Å². The first-order chi connectivity index (χ1) is 14.1. The summed E-state index contributed by atoms with van der Waals surface area (Å²) >= 11 is 0. The zero-order chi connectivity index (χ0) is 20.6. The van der Waals surface area contributed by atoms with Crippen molar-refractivity contribution in [2.24, 2.45) is 4.99 Å². The zero-order valence-electron chi connectivity index (χ0n) is 17.2. The van der Waals surface area contributed by atoms with Crippen molar-refractivity contribution in [2.75, 3.05) is 58.9 Å². The van der Waals surface area contributed by atoms with E-state index in [1.54, 1.807) is 18.2 Å². The van der Waals surface area contributed by atoms with Crippen LogP contribution in [0.3, 0.4) is 0 Å². The summed E-state index contributed by atoms with van der Waals surface area (Å²) in [7, 11) is 0. The van der Waals surface area contributed by atoms with Gasteiger partial charge in [-0.2, -0.15) is 0 Å². The number of halogens is 1. The first-order valence-electron chi connectivity index (χ1n) is 10.5. The number of amides is 1. The molecule has 3 rings (SSSR count). The third kappa shape index (κ3) is 5.90. The number of likely N-dealkylation sites (tertiary alicyclic amines) is 1. The maximum absolute atomic E-state index is 13.9. The highest BCUT2D eigenvalue weighted by atomic mass is 19.1. The normalized spacial score (nSPS) is 19.5. The summed E-state index contributed by atoms with van der Waals surface area (Å²) in [6.45, 7) is 8.16. The van der Waals surface area contributed by atoms with Crippen LogP contribution in [0, 0.1) is 5.82 Å². The molecule has 1 aromatic rings. The number of benzene rings is 1. The van der Waals surface area contributed by atoms with E-state index in [1.807, 2.05) is 11.8 Å². The Labute approximate surface area is 172 Å². The summed E-state index contributed by atoms with van der Waals surface area (Å²) in [6, 6.07) is 6.24. The van der Waals surface area contributed by atoms with Gasteiger partial charge in [0.1, 0.15) is 11.9 Å². The standard InChI is InChI=1S/C21H32FN5O2/c1-2-23-21(24-15-19(28)17-7-3-4-8-18(17)22)27-13-11-25(12-14-27)16-20(29)26-9-5-6-10-26/h3-4,7-8,19,28H,2,5-6,9-16H2,1H3,(H,23,24). The third-order valence-corrected chi connectivity index (χ3v) is 5.50. The van der Waals surface area contributed by atoms with Gasteiger partial charge in [-0.05, 0) is 25.8 Å². The van der Waals surface area contributed by atoms with Crippen molar-refractivity contribution < 1.29 is 14.3 Å². The van der Waals surface area contributed by atoms with Crippen LogP contribution in [0.4, 0.5) is 4.39 Å². The number of carbonyl (C=O) groups is 1. The molecule has 2 heterocycles. The van der Waals surface area contributed by atoms with Crippen molar-refractivity contribution in [1.29, 1.82) is 0 Å². The lowest BCUT2D eigenvalue weighted by Crippen LogP contribution is -2.54. The molecule has 8 heteroatoms. The highest BCUT2D eigenvalue weighted by Crippen LogP contribution is 2.17. The molecule has 0 bridgehead atoms. The minimum absolute atomic E-state index is 0.0942. The van der Waals surface area contributed by atoms with Crippen molar-refractivity contribution in [2.45, 2.75) is 25.9 Å². The average Bonchev–Trinajstić information content (AvgIpc) is 3.27. The predicted octanol–water partition coefficient (Wildman–Crippen LogP) is 1.06. The number of nitrogens with one attached hydrogen (secondary N) is 1. The highest BCUT2D eigenvalue weighted by Gasteiger charge is 2.24. The molecular weight excluding hydrogens is 373 g/mol. The zero-order valence-corrected chi connectivity index (χ0v) is 17.2. The van der Waals surface area contributed by atoms with Gasteiger partial charge in [0.25, 0.3) is 0 Å². The molecular formula is C21H32FN5O2. The van der Waals surface area contributed by atoms with Crippen LogP contribution in [0.5, 0.6) is 0 Å². The van der Waals surface area contributed by atoms with Gasteiger partial charge in [0.2, 0.25) is 5.91 Å². The van der Waals surface area contributed by atoms with Gasteiger partial charge < -0.3 is 20.2 Å². The predicted molar refractivity (Wildman–Crippen MR) is 111 cm³/mol. The summed E-state index contributed by atoms with van der Waals surface area (Å²) in [5, 5.41) is 13.6. The molecule has 2 aliphatic rings. The van der Waals surface area contributed by atoms with E-state index in [2.05, 4.69) is 20.1 Å². The molecule has 160 valence electrons. The number of hydrogen-bond donors (Lipinski definition) is 2. The number of aliphatic imine (C=N–C) groups is 1. The minimum atomic E-state index is -0.982. The number of aliphatic hydroxyl groups excluding tert-OH is 1. The minimum Gasteiger partial charge on any atom is -0.386 e. The Hall–Kier alpha value is -2.19. The van der Waals surface area contributed by atoms with Crippen molar-refractivity contribution >= 4 is 11.9 Å². The molecule has 2 saturated heterocycles. The lowest BCUT2D eigenvalue weighted by atomic mass is 10.1. The Bertz CT molecular complexity index is 700. The van der Waals surface area contributed by atoms with Crippen molar-refractivity contribution in [3.8, 4) is 0 Å². The van der Waals surface area contributed by atoms with Gasteiger partial charge in [-0.1, -0.05) is 18.2 Å². The summed E-state index contributed by atoms with van der Waals surface area (Å²) in [6.07, 6.45) is 1.24. The fourth-order valence-electron chi connectivity index (χ4n) is 3.82. The molecule has 0 aromatic heterocycles. The van der Waals surface area contributed by atoms with E-state index in [0.717, 1.165) is 52.1 Å². The van der Waals surface area contributed by atoms with Gasteiger partial charge in [-0.15, -0.1) is 0 Å². The van der Waals surface area contributed by atoms with Gasteiger partial charge in [-0.25, -0.2) is 4.39 Å². The molecule has 29 heavy (non-hydrogen) atoms. The Morgan fingerprint density at radius 1 is 1.14 bits per heavy atom. The van der Waals surface area contributed by atoms with Gasteiger partial charge in [0.05, 0.1) is 13.1 Å². The van der Waals surface area contributed by atoms with Crippen molar-refractivity contribution in [3.05, 3.63) is 35.6 Å². The van der Waals surface area contributed by atoms with Crippen LogP contribution in [0.25, 0.3) is 0 Å². The van der Waals surface area contributed by atoms with E-state index in [1.165, 1.54) is 6.07 Å². The lowest BCUT2D eigenvalue weighted by Gasteiger charge is -2.36. The summed E-state index contributed by atoms with van der Waals surface area (Å²) < 4.78 is 13.9. The second-order valence-electron chi connectivity index (χ2n) is 7.58. The number of carbonyl (C=O) groups excluding carboxylic acids is 1. The van der Waals surface area contributed by atoms with Gasteiger partial charge in [-0.3, -0.25) is 14.7 Å². The fraction of sp³-hybridized carbons (Fsp3) is 0.619. The molecule has 1 atom stereocenters. The summed E-state index contributed by atoms with van der Waals surface area (Å²) in [4.78, 5) is 23.2. The van der Waals surface area contributed by atoms with E-state index < -0.39 is 11.9 Å². The molecule has 0 spiro atoms. The molecule has 0 aliphatic carbocycles. The Balaban J connectivity index is 1.52. The van der Waals surface area contributed by atoms with E-state index in [-0.39, 0.29) is 18.0 Å². The van der Waals surface area contributed by atoms with Crippen LogP contribution >= 0.6 is 0 Å². The fourth-order valence-corrected chi connectivity index (χ4v) is 3.82. The maximum atomic E-state index is 13.9.